The predicted molar refractivity (Wildman–Crippen MR) is 51.6 cm³/mol. The maximum absolute atomic E-state index is 2.34. The van der Waals surface area contributed by atoms with Gasteiger partial charge in [0.1, 0.15) is 0 Å². The second-order valence-electron chi connectivity index (χ2n) is 3.07. The first kappa shape index (κ1) is 8.87. The molecule has 0 aromatic carbocycles. The van der Waals surface area contributed by atoms with E-state index < -0.39 is 0 Å². The van der Waals surface area contributed by atoms with Crippen LogP contribution in [0.5, 0.6) is 0 Å². The quantitative estimate of drug-likeness (QED) is 0.583. The molecule has 0 saturated carbocycles. The fraction of sp³-hybridized carbons (Fsp3) is 1.00. The van der Waals surface area contributed by atoms with Gasteiger partial charge in [-0.25, -0.2) is 0 Å². The van der Waals surface area contributed by atoms with Crippen molar-refractivity contribution in [3.63, 3.8) is 0 Å². The molecule has 1 aliphatic rings. The Labute approximate surface area is 66.9 Å². The number of nitrogens with zero attached hydrogens (tertiary/aromatic N) is 2. The average molecular weight is 178 g/mol. The summed E-state index contributed by atoms with van der Waals surface area (Å²) in [5.41, 5.74) is 1.79. The Balaban J connectivity index is 2.18. The highest BCUT2D eigenvalue weighted by Gasteiger charge is 2.31. The van der Waals surface area contributed by atoms with E-state index in [1.54, 1.807) is 0 Å². The molecule has 1 saturated heterocycles. The monoisotopic (exact) mass is 178 g/mol. The maximum atomic E-state index is 2.34. The summed E-state index contributed by atoms with van der Waals surface area (Å²) in [7, 11) is 11.0. The van der Waals surface area contributed by atoms with Gasteiger partial charge >= 0.3 is 0 Å². The maximum Gasteiger partial charge on any atom is 0.0466 e. The summed E-state index contributed by atoms with van der Waals surface area (Å²) in [6.45, 7) is 0. The zero-order valence-corrected chi connectivity index (χ0v) is 9.05. The molecule has 1 rings (SSSR count). The van der Waals surface area contributed by atoms with Crippen LogP contribution in [0.2, 0.25) is 0 Å². The van der Waals surface area contributed by atoms with Gasteiger partial charge in [0.2, 0.25) is 0 Å². The standard InChI is InChI=1S/C6H16N2P2/c1-7(2)5-9-6(10-5)8(3)4/h5-6,9-10H,1-4H3. The van der Waals surface area contributed by atoms with Crippen molar-refractivity contribution in [3.8, 4) is 0 Å². The molecule has 0 bridgehead atoms. The van der Waals surface area contributed by atoms with E-state index in [2.05, 4.69) is 38.0 Å². The van der Waals surface area contributed by atoms with Crippen molar-refractivity contribution in [2.24, 2.45) is 0 Å². The SMILES string of the molecule is CN(C)C1PC(N(C)C)P1. The summed E-state index contributed by atoms with van der Waals surface area (Å²) < 4.78 is 0. The van der Waals surface area contributed by atoms with E-state index in [0.717, 1.165) is 28.2 Å². The molecule has 1 heterocycles. The highest BCUT2D eigenvalue weighted by atomic mass is 31.2. The van der Waals surface area contributed by atoms with Crippen LogP contribution < -0.4 is 0 Å². The third-order valence-corrected chi connectivity index (χ3v) is 6.99. The third kappa shape index (κ3) is 1.89. The largest absolute Gasteiger partial charge is 0.299 e. The van der Waals surface area contributed by atoms with Gasteiger partial charge in [-0.05, 0) is 28.2 Å². The van der Waals surface area contributed by atoms with Crippen molar-refractivity contribution in [1.29, 1.82) is 0 Å². The Hall–Kier alpha value is 0.780. The van der Waals surface area contributed by atoms with Crippen molar-refractivity contribution in [1.82, 2.24) is 9.80 Å². The van der Waals surface area contributed by atoms with Crippen molar-refractivity contribution in [2.75, 3.05) is 28.2 Å². The van der Waals surface area contributed by atoms with Crippen LogP contribution in [0.25, 0.3) is 0 Å². The molecule has 0 radical (unpaired) electrons. The lowest BCUT2D eigenvalue weighted by Crippen LogP contribution is -2.35. The molecule has 60 valence electrons. The smallest absolute Gasteiger partial charge is 0.0466 e. The normalized spacial score (nSPS) is 37.8. The average Bonchev–Trinajstić information content (AvgIpc) is 1.56. The Morgan fingerprint density at radius 1 is 0.800 bits per heavy atom. The van der Waals surface area contributed by atoms with Crippen LogP contribution in [0.3, 0.4) is 0 Å². The molecule has 10 heavy (non-hydrogen) atoms. The fourth-order valence-corrected chi connectivity index (χ4v) is 4.08. The van der Waals surface area contributed by atoms with Crippen LogP contribution >= 0.6 is 17.2 Å². The van der Waals surface area contributed by atoms with Crippen LogP contribution in [0.15, 0.2) is 0 Å². The van der Waals surface area contributed by atoms with Gasteiger partial charge in [0.05, 0.1) is 0 Å². The van der Waals surface area contributed by atoms with Crippen molar-refractivity contribution >= 4 is 17.2 Å². The lowest BCUT2D eigenvalue weighted by atomic mass is 11.0. The molecule has 1 fully saturated rings. The zero-order valence-electron chi connectivity index (χ0n) is 7.05. The Bertz CT molecular complexity index is 98.3. The highest BCUT2D eigenvalue weighted by molar-refractivity contribution is 7.75. The van der Waals surface area contributed by atoms with Gasteiger partial charge in [-0.1, -0.05) is 17.2 Å². The number of hydrogen-bond acceptors (Lipinski definition) is 2. The van der Waals surface area contributed by atoms with Crippen LogP contribution in [-0.4, -0.2) is 49.0 Å². The molecule has 0 aromatic rings. The van der Waals surface area contributed by atoms with E-state index in [1.165, 1.54) is 0 Å². The third-order valence-electron chi connectivity index (χ3n) is 1.66. The molecule has 0 amide bonds. The zero-order chi connectivity index (χ0) is 7.72. The summed E-state index contributed by atoms with van der Waals surface area (Å²) in [5, 5.41) is 0. The Morgan fingerprint density at radius 2 is 1.10 bits per heavy atom. The highest BCUT2D eigenvalue weighted by Crippen LogP contribution is 2.58. The van der Waals surface area contributed by atoms with E-state index in [9.17, 15) is 0 Å². The molecule has 0 N–H and O–H groups in total. The first-order valence-corrected chi connectivity index (χ1v) is 5.77. The second-order valence-corrected chi connectivity index (χ2v) is 7.07. The lowest BCUT2D eigenvalue weighted by molar-refractivity contribution is 0.405. The summed E-state index contributed by atoms with van der Waals surface area (Å²) in [4.78, 5) is 4.69. The second kappa shape index (κ2) is 3.45. The van der Waals surface area contributed by atoms with Gasteiger partial charge < -0.3 is 0 Å². The summed E-state index contributed by atoms with van der Waals surface area (Å²) in [5.74, 6) is 0. The predicted octanol–water partition coefficient (Wildman–Crippen LogP) is 1.05. The molecule has 4 heteroatoms. The molecule has 0 unspecified atom stereocenters. The molecular weight excluding hydrogens is 162 g/mol. The molecular formula is C6H16N2P2. The van der Waals surface area contributed by atoms with E-state index in [1.807, 2.05) is 0 Å². The molecule has 0 aliphatic carbocycles. The molecule has 1 aliphatic heterocycles. The van der Waals surface area contributed by atoms with Crippen LogP contribution in [0, 0.1) is 0 Å². The van der Waals surface area contributed by atoms with Gasteiger partial charge in [0.25, 0.3) is 0 Å². The van der Waals surface area contributed by atoms with Gasteiger partial charge in [0, 0.05) is 11.0 Å². The minimum atomic E-state index is 0.896. The minimum absolute atomic E-state index is 0.896. The Morgan fingerprint density at radius 3 is 1.30 bits per heavy atom. The summed E-state index contributed by atoms with van der Waals surface area (Å²) >= 11 is 0. The molecule has 0 spiro atoms. The molecule has 0 aromatic heterocycles. The number of hydrogen-bond donors (Lipinski definition) is 0. The van der Waals surface area contributed by atoms with Crippen LogP contribution in [-0.2, 0) is 0 Å². The van der Waals surface area contributed by atoms with Gasteiger partial charge in [-0.15, -0.1) is 0 Å². The minimum Gasteiger partial charge on any atom is -0.299 e. The van der Waals surface area contributed by atoms with Gasteiger partial charge in [-0.3, -0.25) is 9.80 Å². The van der Waals surface area contributed by atoms with Gasteiger partial charge in [-0.2, -0.15) is 0 Å². The van der Waals surface area contributed by atoms with Gasteiger partial charge in [0.15, 0.2) is 0 Å². The molecule has 0 atom stereocenters. The van der Waals surface area contributed by atoms with Crippen molar-refractivity contribution in [3.05, 3.63) is 0 Å². The first-order chi connectivity index (χ1) is 4.61. The van der Waals surface area contributed by atoms with E-state index in [-0.39, 0.29) is 0 Å². The number of rotatable bonds is 2. The van der Waals surface area contributed by atoms with E-state index in [4.69, 9.17) is 0 Å². The molecule has 2 nitrogen and oxygen atoms in total. The summed E-state index contributed by atoms with van der Waals surface area (Å²) in [6, 6.07) is 0. The van der Waals surface area contributed by atoms with Crippen LogP contribution in [0.1, 0.15) is 0 Å². The van der Waals surface area contributed by atoms with E-state index in [0.29, 0.717) is 0 Å². The summed E-state index contributed by atoms with van der Waals surface area (Å²) in [6.07, 6.45) is 0. The van der Waals surface area contributed by atoms with E-state index >= 15 is 0 Å². The first-order valence-electron chi connectivity index (χ1n) is 3.46. The van der Waals surface area contributed by atoms with Crippen LogP contribution in [0.4, 0.5) is 0 Å². The fourth-order valence-electron chi connectivity index (χ4n) is 0.895. The van der Waals surface area contributed by atoms with Crippen molar-refractivity contribution < 1.29 is 0 Å². The Kier molecular flexibility index (Phi) is 3.06. The lowest BCUT2D eigenvalue weighted by Gasteiger charge is -2.42. The van der Waals surface area contributed by atoms with Crippen molar-refractivity contribution in [2.45, 2.75) is 11.0 Å². The topological polar surface area (TPSA) is 6.48 Å².